The largest absolute Gasteiger partial charge is 0.464 e. The molecule has 0 aliphatic carbocycles. The maximum absolute atomic E-state index is 13.1. The Morgan fingerprint density at radius 3 is 2.53 bits per heavy atom. The number of fused-ring (bicyclic) bond motifs is 1. The Kier molecular flexibility index (Phi) is 7.07. The van der Waals surface area contributed by atoms with Gasteiger partial charge in [0.05, 0.1) is 16.8 Å². The summed E-state index contributed by atoms with van der Waals surface area (Å²) in [5, 5.41) is 0.822. The van der Waals surface area contributed by atoms with Gasteiger partial charge in [-0.2, -0.15) is 0 Å². The summed E-state index contributed by atoms with van der Waals surface area (Å²) in [5.41, 5.74) is 2.22. The van der Waals surface area contributed by atoms with Gasteiger partial charge in [0.25, 0.3) is 10.0 Å². The second-order valence-corrected chi connectivity index (χ2v) is 12.3. The van der Waals surface area contributed by atoms with Gasteiger partial charge in [-0.25, -0.2) is 13.2 Å². The molecule has 36 heavy (non-hydrogen) atoms. The van der Waals surface area contributed by atoms with Crippen LogP contribution in [0.5, 0.6) is 0 Å². The van der Waals surface area contributed by atoms with Crippen molar-refractivity contribution in [2.45, 2.75) is 70.7 Å². The van der Waals surface area contributed by atoms with Crippen LogP contribution >= 0.6 is 0 Å². The number of hydrogen-bond acceptors (Lipinski definition) is 6. The third-order valence-corrected chi connectivity index (χ3v) is 7.92. The third kappa shape index (κ3) is 5.68. The quantitative estimate of drug-likeness (QED) is 0.493. The molecule has 1 amide bonds. The van der Waals surface area contributed by atoms with Crippen LogP contribution in [0.2, 0.25) is 0 Å². The van der Waals surface area contributed by atoms with Crippen LogP contribution in [0.25, 0.3) is 11.0 Å². The predicted molar refractivity (Wildman–Crippen MR) is 140 cm³/mol. The first-order chi connectivity index (χ1) is 16.8. The van der Waals surface area contributed by atoms with Crippen molar-refractivity contribution < 1.29 is 22.4 Å². The van der Waals surface area contributed by atoms with Crippen molar-refractivity contribution >= 4 is 32.8 Å². The Hall–Kier alpha value is -3.04. The molecule has 3 aromatic rings. The van der Waals surface area contributed by atoms with Crippen molar-refractivity contribution in [3.8, 4) is 0 Å². The number of carbonyl (C=O) groups is 1. The minimum absolute atomic E-state index is 0.0362. The van der Waals surface area contributed by atoms with Crippen LogP contribution in [0.3, 0.4) is 0 Å². The van der Waals surface area contributed by atoms with E-state index in [9.17, 15) is 13.2 Å². The zero-order chi connectivity index (χ0) is 26.3. The summed E-state index contributed by atoms with van der Waals surface area (Å²) in [6.45, 7) is 13.2. The summed E-state index contributed by atoms with van der Waals surface area (Å²) in [4.78, 5) is 17.0. The van der Waals surface area contributed by atoms with E-state index in [0.29, 0.717) is 30.9 Å². The lowest BCUT2D eigenvalue weighted by Crippen LogP contribution is -2.58. The standard InChI is InChI=1S/C27H35N3O5S/c1-18-9-7-8-10-24(18)36(32,33)28-23-13-21-11-12-34-25(21)22(14-23)17-29-15-20(3)30(16-19(29)2)26(31)35-27(4,5)6/h7-14,19-20,28H,15-17H2,1-6H3. The number of sulfonamides is 1. The van der Waals surface area contributed by atoms with Gasteiger partial charge in [-0.3, -0.25) is 9.62 Å². The predicted octanol–water partition coefficient (Wildman–Crippen LogP) is 5.37. The highest BCUT2D eigenvalue weighted by atomic mass is 32.2. The minimum atomic E-state index is -3.75. The van der Waals surface area contributed by atoms with Gasteiger partial charge in [0, 0.05) is 42.7 Å². The summed E-state index contributed by atoms with van der Waals surface area (Å²) in [6.07, 6.45) is 1.31. The van der Waals surface area contributed by atoms with Crippen LogP contribution < -0.4 is 4.72 Å². The number of hydrogen-bond donors (Lipinski definition) is 1. The molecule has 2 heterocycles. The molecular weight excluding hydrogens is 478 g/mol. The van der Waals surface area contributed by atoms with Crippen molar-refractivity contribution in [1.82, 2.24) is 9.80 Å². The maximum Gasteiger partial charge on any atom is 0.410 e. The molecule has 1 aliphatic rings. The van der Waals surface area contributed by atoms with Gasteiger partial charge in [0.15, 0.2) is 0 Å². The van der Waals surface area contributed by atoms with Crippen molar-refractivity contribution in [2.75, 3.05) is 17.8 Å². The van der Waals surface area contributed by atoms with Crippen LogP contribution in [0.4, 0.5) is 10.5 Å². The lowest BCUT2D eigenvalue weighted by atomic mass is 10.1. The van der Waals surface area contributed by atoms with Gasteiger partial charge in [0.2, 0.25) is 0 Å². The first-order valence-corrected chi connectivity index (χ1v) is 13.6. The molecule has 1 saturated heterocycles. The van der Waals surface area contributed by atoms with Crippen molar-refractivity contribution in [1.29, 1.82) is 0 Å². The Balaban J connectivity index is 1.56. The molecule has 2 unspecified atom stereocenters. The Labute approximate surface area is 213 Å². The number of nitrogens with one attached hydrogen (secondary N) is 1. The molecule has 2 atom stereocenters. The number of aryl methyl sites for hydroxylation is 1. The number of ether oxygens (including phenoxy) is 1. The van der Waals surface area contributed by atoms with Gasteiger partial charge in [0.1, 0.15) is 11.2 Å². The summed E-state index contributed by atoms with van der Waals surface area (Å²) in [7, 11) is -3.75. The van der Waals surface area contributed by atoms with Crippen LogP contribution in [0.1, 0.15) is 45.7 Å². The van der Waals surface area contributed by atoms with Crippen LogP contribution in [-0.2, 0) is 21.3 Å². The van der Waals surface area contributed by atoms with E-state index in [-0.39, 0.29) is 23.1 Å². The first-order valence-electron chi connectivity index (χ1n) is 12.2. The highest BCUT2D eigenvalue weighted by molar-refractivity contribution is 7.92. The fourth-order valence-electron chi connectivity index (χ4n) is 4.61. The first kappa shape index (κ1) is 26.0. The zero-order valence-electron chi connectivity index (χ0n) is 21.7. The van der Waals surface area contributed by atoms with Gasteiger partial charge in [-0.15, -0.1) is 0 Å². The topological polar surface area (TPSA) is 92.1 Å². The molecule has 2 aromatic carbocycles. The normalized spacial score (nSPS) is 19.4. The lowest BCUT2D eigenvalue weighted by Gasteiger charge is -2.44. The average Bonchev–Trinajstić information content (AvgIpc) is 3.23. The molecule has 4 rings (SSSR count). The average molecular weight is 514 g/mol. The lowest BCUT2D eigenvalue weighted by molar-refractivity contribution is -0.0116. The number of benzene rings is 2. The van der Waals surface area contributed by atoms with E-state index >= 15 is 0 Å². The van der Waals surface area contributed by atoms with Crippen molar-refractivity contribution in [2.24, 2.45) is 0 Å². The van der Waals surface area contributed by atoms with E-state index in [1.165, 1.54) is 0 Å². The number of nitrogens with zero attached hydrogens (tertiary/aromatic N) is 2. The van der Waals surface area contributed by atoms with Gasteiger partial charge in [-0.1, -0.05) is 18.2 Å². The second-order valence-electron chi connectivity index (χ2n) is 10.6. The van der Waals surface area contributed by atoms with E-state index in [0.717, 1.165) is 16.5 Å². The van der Waals surface area contributed by atoms with Gasteiger partial charge >= 0.3 is 6.09 Å². The molecule has 9 heteroatoms. The Morgan fingerprint density at radius 1 is 1.11 bits per heavy atom. The Bertz CT molecular complexity index is 1360. The van der Waals surface area contributed by atoms with E-state index < -0.39 is 15.6 Å². The summed E-state index contributed by atoms with van der Waals surface area (Å²) in [5.74, 6) is 0. The fourth-order valence-corrected chi connectivity index (χ4v) is 5.90. The van der Waals surface area contributed by atoms with E-state index in [2.05, 4.69) is 16.5 Å². The zero-order valence-corrected chi connectivity index (χ0v) is 22.6. The highest BCUT2D eigenvalue weighted by Crippen LogP contribution is 2.30. The number of carbonyl (C=O) groups excluding carboxylic acids is 1. The fraction of sp³-hybridized carbons (Fsp3) is 0.444. The molecule has 0 bridgehead atoms. The molecule has 1 aliphatic heterocycles. The van der Waals surface area contributed by atoms with Crippen LogP contribution in [0, 0.1) is 6.92 Å². The molecule has 0 radical (unpaired) electrons. The Morgan fingerprint density at radius 2 is 1.83 bits per heavy atom. The van der Waals surface area contributed by atoms with Gasteiger partial charge in [-0.05, 0) is 71.4 Å². The molecule has 194 valence electrons. The molecule has 8 nitrogen and oxygen atoms in total. The van der Waals surface area contributed by atoms with E-state index in [4.69, 9.17) is 9.15 Å². The second kappa shape index (κ2) is 9.78. The summed E-state index contributed by atoms with van der Waals surface area (Å²) >= 11 is 0. The molecule has 1 N–H and O–H groups in total. The number of amides is 1. The summed E-state index contributed by atoms with van der Waals surface area (Å²) < 4.78 is 40.3. The molecule has 1 fully saturated rings. The molecule has 0 spiro atoms. The molecular formula is C27H35N3O5S. The number of piperazine rings is 1. The van der Waals surface area contributed by atoms with Gasteiger partial charge < -0.3 is 14.1 Å². The highest BCUT2D eigenvalue weighted by Gasteiger charge is 2.34. The molecule has 0 saturated carbocycles. The number of furan rings is 1. The van der Waals surface area contributed by atoms with E-state index in [1.54, 1.807) is 42.4 Å². The van der Waals surface area contributed by atoms with Crippen LogP contribution in [-0.4, -0.2) is 55.1 Å². The monoisotopic (exact) mass is 513 g/mol. The number of anilines is 1. The third-order valence-electron chi connectivity index (χ3n) is 6.38. The minimum Gasteiger partial charge on any atom is -0.464 e. The molecule has 1 aromatic heterocycles. The maximum atomic E-state index is 13.1. The number of rotatable bonds is 5. The summed E-state index contributed by atoms with van der Waals surface area (Å²) in [6, 6.07) is 12.4. The van der Waals surface area contributed by atoms with Crippen molar-refractivity contribution in [3.05, 3.63) is 59.9 Å². The smallest absolute Gasteiger partial charge is 0.410 e. The van der Waals surface area contributed by atoms with Crippen molar-refractivity contribution in [3.63, 3.8) is 0 Å². The van der Waals surface area contributed by atoms with Crippen LogP contribution in [0.15, 0.2) is 58.0 Å². The van der Waals surface area contributed by atoms with E-state index in [1.807, 2.05) is 45.9 Å². The SMILES string of the molecule is Cc1ccccc1S(=O)(=O)Nc1cc(CN2CC(C)N(C(=O)OC(C)(C)C)CC2C)c2occc2c1.